The van der Waals surface area contributed by atoms with Crippen molar-refractivity contribution in [3.63, 3.8) is 0 Å². The van der Waals surface area contributed by atoms with E-state index in [1.807, 2.05) is 50.2 Å². The van der Waals surface area contributed by atoms with Crippen LogP contribution in [0, 0.1) is 13.8 Å². The summed E-state index contributed by atoms with van der Waals surface area (Å²) in [5.41, 5.74) is 4.61. The van der Waals surface area contributed by atoms with E-state index >= 15 is 0 Å². The van der Waals surface area contributed by atoms with Crippen molar-refractivity contribution in [1.82, 2.24) is 4.98 Å². The van der Waals surface area contributed by atoms with E-state index in [1.54, 1.807) is 6.92 Å². The number of fused-ring (bicyclic) bond motifs is 1. The summed E-state index contributed by atoms with van der Waals surface area (Å²) in [7, 11) is 0. The Balaban J connectivity index is 1.82. The van der Waals surface area contributed by atoms with Crippen LogP contribution in [0.5, 0.6) is 5.75 Å². The monoisotopic (exact) mass is 362 g/mol. The van der Waals surface area contributed by atoms with E-state index < -0.39 is 6.10 Å². The minimum Gasteiger partial charge on any atom is -0.481 e. The second-order valence-corrected chi connectivity index (χ2v) is 7.28. The van der Waals surface area contributed by atoms with Gasteiger partial charge in [-0.05, 0) is 56.0 Å². The first-order valence-corrected chi connectivity index (χ1v) is 9.29. The van der Waals surface area contributed by atoms with Crippen molar-refractivity contribution < 1.29 is 9.53 Å². The number of anilines is 1. The second kappa shape index (κ2) is 7.78. The molecule has 0 fully saturated rings. The Morgan fingerprint density at radius 2 is 1.81 bits per heavy atom. The lowest BCUT2D eigenvalue weighted by Gasteiger charge is -2.19. The van der Waals surface area contributed by atoms with Gasteiger partial charge in [-0.3, -0.25) is 9.78 Å². The van der Waals surface area contributed by atoms with Gasteiger partial charge in [0.25, 0.3) is 5.91 Å². The van der Waals surface area contributed by atoms with E-state index in [4.69, 9.17) is 4.74 Å². The number of hydrogen-bond donors (Lipinski definition) is 1. The van der Waals surface area contributed by atoms with Crippen molar-refractivity contribution in [3.05, 3.63) is 65.4 Å². The number of benzene rings is 2. The van der Waals surface area contributed by atoms with Gasteiger partial charge < -0.3 is 10.1 Å². The number of rotatable bonds is 5. The predicted octanol–water partition coefficient (Wildman–Crippen LogP) is 5.38. The van der Waals surface area contributed by atoms with Gasteiger partial charge in [0.15, 0.2) is 6.10 Å². The number of ether oxygens (including phenoxy) is 1. The maximum Gasteiger partial charge on any atom is 0.265 e. The minimum atomic E-state index is -0.621. The first-order valence-electron chi connectivity index (χ1n) is 9.29. The molecule has 0 radical (unpaired) electrons. The molecule has 0 bridgehead atoms. The van der Waals surface area contributed by atoms with Gasteiger partial charge in [-0.15, -0.1) is 0 Å². The number of aryl methyl sites for hydroxylation is 2. The molecule has 0 spiro atoms. The lowest BCUT2D eigenvalue weighted by atomic mass is 10.0. The van der Waals surface area contributed by atoms with E-state index in [0.29, 0.717) is 11.6 Å². The van der Waals surface area contributed by atoms with Crippen molar-refractivity contribution >= 4 is 22.5 Å². The normalized spacial score (nSPS) is 12.2. The third kappa shape index (κ3) is 4.27. The van der Waals surface area contributed by atoms with Crippen LogP contribution >= 0.6 is 0 Å². The quantitative estimate of drug-likeness (QED) is 0.663. The fourth-order valence-corrected chi connectivity index (χ4v) is 3.04. The Labute approximate surface area is 160 Å². The average Bonchev–Trinajstić information content (AvgIpc) is 2.62. The highest BCUT2D eigenvalue weighted by molar-refractivity contribution is 6.01. The molecule has 1 N–H and O–H groups in total. The molecule has 0 aliphatic rings. The molecule has 3 aromatic rings. The van der Waals surface area contributed by atoms with Crippen molar-refractivity contribution in [3.8, 4) is 5.75 Å². The van der Waals surface area contributed by atoms with Crippen LogP contribution in [0.4, 0.5) is 5.69 Å². The van der Waals surface area contributed by atoms with Crippen LogP contribution in [0.2, 0.25) is 0 Å². The molecule has 4 heteroatoms. The summed E-state index contributed by atoms with van der Waals surface area (Å²) in [6.45, 7) is 9.96. The summed E-state index contributed by atoms with van der Waals surface area (Å²) in [5, 5.41) is 3.96. The Kier molecular flexibility index (Phi) is 5.45. The molecular formula is C23H26N2O2. The molecular weight excluding hydrogens is 336 g/mol. The van der Waals surface area contributed by atoms with Crippen molar-refractivity contribution in [1.29, 1.82) is 0 Å². The minimum absolute atomic E-state index is 0.193. The largest absolute Gasteiger partial charge is 0.481 e. The summed E-state index contributed by atoms with van der Waals surface area (Å²) in [6, 6.07) is 15.9. The van der Waals surface area contributed by atoms with Gasteiger partial charge in [-0.1, -0.05) is 44.2 Å². The van der Waals surface area contributed by atoms with E-state index in [1.165, 1.54) is 0 Å². The van der Waals surface area contributed by atoms with E-state index in [9.17, 15) is 4.79 Å². The molecule has 0 saturated carbocycles. The van der Waals surface area contributed by atoms with E-state index in [2.05, 4.69) is 36.3 Å². The number of para-hydroxylation sites is 1. The van der Waals surface area contributed by atoms with Gasteiger partial charge >= 0.3 is 0 Å². The molecule has 2 aromatic carbocycles. The topological polar surface area (TPSA) is 51.2 Å². The van der Waals surface area contributed by atoms with Crippen LogP contribution in [-0.4, -0.2) is 17.0 Å². The van der Waals surface area contributed by atoms with Crippen LogP contribution in [0.25, 0.3) is 10.9 Å². The Morgan fingerprint density at radius 1 is 1.04 bits per heavy atom. The van der Waals surface area contributed by atoms with Crippen LogP contribution in [-0.2, 0) is 4.79 Å². The molecule has 1 atom stereocenters. The zero-order valence-electron chi connectivity index (χ0n) is 16.5. The van der Waals surface area contributed by atoms with E-state index in [-0.39, 0.29) is 5.91 Å². The summed E-state index contributed by atoms with van der Waals surface area (Å²) in [6.07, 6.45) is -0.621. The maximum absolute atomic E-state index is 12.7. The number of hydrogen-bond acceptors (Lipinski definition) is 3. The van der Waals surface area contributed by atoms with Gasteiger partial charge in [-0.2, -0.15) is 0 Å². The lowest BCUT2D eigenvalue weighted by molar-refractivity contribution is -0.122. The van der Waals surface area contributed by atoms with Gasteiger partial charge in [0.05, 0.1) is 11.2 Å². The maximum atomic E-state index is 12.7. The molecule has 4 nitrogen and oxygen atoms in total. The molecule has 1 heterocycles. The fraction of sp³-hybridized carbons (Fsp3) is 0.304. The molecule has 1 aromatic heterocycles. The Hall–Kier alpha value is -2.88. The van der Waals surface area contributed by atoms with E-state index in [0.717, 1.165) is 33.5 Å². The number of nitrogens with one attached hydrogen (secondary N) is 1. The number of amides is 1. The smallest absolute Gasteiger partial charge is 0.265 e. The fourth-order valence-electron chi connectivity index (χ4n) is 3.04. The molecule has 3 rings (SSSR count). The summed E-state index contributed by atoms with van der Waals surface area (Å²) >= 11 is 0. The average molecular weight is 362 g/mol. The number of pyridine rings is 1. The third-order valence-corrected chi connectivity index (χ3v) is 4.58. The van der Waals surface area contributed by atoms with Gasteiger partial charge in [-0.25, -0.2) is 0 Å². The van der Waals surface area contributed by atoms with Crippen LogP contribution in [0.15, 0.2) is 48.5 Å². The molecule has 27 heavy (non-hydrogen) atoms. The second-order valence-electron chi connectivity index (χ2n) is 7.28. The van der Waals surface area contributed by atoms with Gasteiger partial charge in [0.2, 0.25) is 0 Å². The highest BCUT2D eigenvalue weighted by atomic mass is 16.5. The van der Waals surface area contributed by atoms with Crippen molar-refractivity contribution in [2.24, 2.45) is 0 Å². The van der Waals surface area contributed by atoms with Crippen LogP contribution in [0.1, 0.15) is 43.5 Å². The number of nitrogens with zero attached hydrogens (tertiary/aromatic N) is 1. The highest BCUT2D eigenvalue weighted by Gasteiger charge is 2.19. The van der Waals surface area contributed by atoms with Crippen molar-refractivity contribution in [2.75, 3.05) is 5.32 Å². The summed E-state index contributed by atoms with van der Waals surface area (Å²) < 4.78 is 6.02. The van der Waals surface area contributed by atoms with Crippen LogP contribution < -0.4 is 10.1 Å². The third-order valence-electron chi connectivity index (χ3n) is 4.58. The predicted molar refractivity (Wildman–Crippen MR) is 110 cm³/mol. The zero-order chi connectivity index (χ0) is 19.6. The first-order chi connectivity index (χ1) is 12.8. The van der Waals surface area contributed by atoms with Crippen LogP contribution in [0.3, 0.4) is 0 Å². The first kappa shape index (κ1) is 18.9. The SMILES string of the molecule is Cc1ccc(C(C)C)c(O[C@@H](C)C(=O)Nc2cccc3ccc(C)nc23)c1. The molecule has 0 unspecified atom stereocenters. The molecule has 0 saturated heterocycles. The number of carbonyl (C=O) groups is 1. The molecule has 140 valence electrons. The highest BCUT2D eigenvalue weighted by Crippen LogP contribution is 2.29. The zero-order valence-corrected chi connectivity index (χ0v) is 16.5. The lowest BCUT2D eigenvalue weighted by Crippen LogP contribution is -2.30. The molecule has 0 aliphatic heterocycles. The summed E-state index contributed by atoms with van der Waals surface area (Å²) in [4.78, 5) is 17.3. The Bertz CT molecular complexity index is 979. The molecule has 0 aliphatic carbocycles. The number of carbonyl (C=O) groups excluding carboxylic acids is 1. The van der Waals surface area contributed by atoms with Gasteiger partial charge in [0.1, 0.15) is 5.75 Å². The van der Waals surface area contributed by atoms with Gasteiger partial charge in [0, 0.05) is 11.1 Å². The summed E-state index contributed by atoms with van der Waals surface area (Å²) in [5.74, 6) is 0.891. The molecule has 1 amide bonds. The van der Waals surface area contributed by atoms with Crippen molar-refractivity contribution in [2.45, 2.75) is 46.6 Å². The number of aromatic nitrogens is 1. The standard InChI is InChI=1S/C23H26N2O2/c1-14(2)19-12-9-15(3)13-21(19)27-17(5)23(26)25-20-8-6-7-18-11-10-16(4)24-22(18)20/h6-14,17H,1-5H3,(H,25,26)/t17-/m0/s1. The Morgan fingerprint density at radius 3 is 2.56 bits per heavy atom.